The van der Waals surface area contributed by atoms with E-state index in [1.807, 2.05) is 13.7 Å². The van der Waals surface area contributed by atoms with Gasteiger partial charge in [-0.1, -0.05) is 50.5 Å². The average molecular weight is 210 g/mol. The van der Waals surface area contributed by atoms with Crippen LogP contribution in [-0.2, 0) is 4.79 Å². The van der Waals surface area contributed by atoms with Crippen LogP contribution >= 0.6 is 0 Å². The number of rotatable bonds is 1. The number of aliphatic hydroxyl groups is 1. The van der Waals surface area contributed by atoms with E-state index < -0.39 is 0 Å². The van der Waals surface area contributed by atoms with Gasteiger partial charge in [0.25, 0.3) is 0 Å². The van der Waals surface area contributed by atoms with Gasteiger partial charge in [0.15, 0.2) is 0 Å². The maximum atomic E-state index is 8.89. The lowest BCUT2D eigenvalue weighted by molar-refractivity contribution is -0.0979. The molecule has 1 unspecified atom stereocenters. The Hall–Kier alpha value is -0.370. The van der Waals surface area contributed by atoms with Crippen LogP contribution in [0.2, 0.25) is 0 Å². The first-order chi connectivity index (χ1) is 4.42. The van der Waals surface area contributed by atoms with E-state index in [1.165, 1.54) is 0 Å². The molecule has 2 heteroatoms. The van der Waals surface area contributed by atoms with E-state index in [0.29, 0.717) is 0 Å². The normalized spacial score (nSPS) is 9.50. The molecular formula is C12H34O2. The first-order valence-electron chi connectivity index (χ1n) is 3.39. The van der Waals surface area contributed by atoms with Crippen molar-refractivity contribution in [3.05, 3.63) is 0 Å². The van der Waals surface area contributed by atoms with E-state index in [4.69, 9.17) is 9.90 Å². The zero-order valence-electron chi connectivity index (χ0n) is 7.35. The van der Waals surface area contributed by atoms with Gasteiger partial charge in [0.05, 0.1) is 6.10 Å². The average Bonchev–Trinajstić information content (AvgIpc) is 1.64. The number of aliphatic hydroxyl groups excluding tert-OH is 1. The first kappa shape index (κ1) is 37.3. The van der Waals surface area contributed by atoms with Crippen LogP contribution in [0.1, 0.15) is 63.8 Å². The molecule has 0 rings (SSSR count). The SMILES string of the molecule is C.C.C.C.C=O.CC(O)CC(C)(C)C. The van der Waals surface area contributed by atoms with Crippen molar-refractivity contribution in [2.45, 2.75) is 69.9 Å². The molecule has 0 aromatic rings. The zero-order chi connectivity index (χ0) is 8.78. The van der Waals surface area contributed by atoms with Crippen molar-refractivity contribution in [2.24, 2.45) is 5.41 Å². The van der Waals surface area contributed by atoms with Gasteiger partial charge in [0, 0.05) is 0 Å². The molecule has 0 aliphatic rings. The minimum absolute atomic E-state index is 0. The largest absolute Gasteiger partial charge is 0.393 e. The summed E-state index contributed by atoms with van der Waals surface area (Å²) in [5.41, 5.74) is 0.272. The highest BCUT2D eigenvalue weighted by Crippen LogP contribution is 2.19. The summed E-state index contributed by atoms with van der Waals surface area (Å²) in [5, 5.41) is 8.89. The molecule has 0 saturated carbocycles. The Morgan fingerprint density at radius 1 is 1.07 bits per heavy atom. The van der Waals surface area contributed by atoms with Crippen LogP contribution in [0.25, 0.3) is 0 Å². The van der Waals surface area contributed by atoms with Crippen molar-refractivity contribution in [3.63, 3.8) is 0 Å². The predicted molar refractivity (Wildman–Crippen MR) is 69.8 cm³/mol. The second-order valence-corrected chi connectivity index (χ2v) is 3.61. The smallest absolute Gasteiger partial charge is 0.106 e. The Morgan fingerprint density at radius 3 is 1.29 bits per heavy atom. The van der Waals surface area contributed by atoms with Crippen LogP contribution in [0.5, 0.6) is 0 Å². The molecule has 1 atom stereocenters. The van der Waals surface area contributed by atoms with Gasteiger partial charge in [-0.05, 0) is 18.8 Å². The summed E-state index contributed by atoms with van der Waals surface area (Å²) < 4.78 is 0. The molecule has 0 aliphatic heterocycles. The van der Waals surface area contributed by atoms with Gasteiger partial charge in [0.1, 0.15) is 6.79 Å². The van der Waals surface area contributed by atoms with Crippen LogP contribution in [-0.4, -0.2) is 18.0 Å². The van der Waals surface area contributed by atoms with E-state index in [2.05, 4.69) is 20.8 Å². The number of carbonyl (C=O) groups is 1. The van der Waals surface area contributed by atoms with Gasteiger partial charge in [-0.3, -0.25) is 0 Å². The van der Waals surface area contributed by atoms with Crippen molar-refractivity contribution < 1.29 is 9.90 Å². The highest BCUT2D eigenvalue weighted by Gasteiger charge is 2.12. The number of hydrogen-bond acceptors (Lipinski definition) is 2. The Labute approximate surface area is 92.7 Å². The lowest BCUT2D eigenvalue weighted by atomic mass is 9.90. The quantitative estimate of drug-likeness (QED) is 0.705. The van der Waals surface area contributed by atoms with E-state index in [-0.39, 0.29) is 41.2 Å². The predicted octanol–water partition coefficient (Wildman–Crippen LogP) is 4.16. The van der Waals surface area contributed by atoms with Crippen LogP contribution < -0.4 is 0 Å². The molecule has 2 nitrogen and oxygen atoms in total. The third-order valence-corrected chi connectivity index (χ3v) is 0.908. The molecule has 94 valence electrons. The molecule has 1 N–H and O–H groups in total. The summed E-state index contributed by atoms with van der Waals surface area (Å²) in [6.07, 6.45) is 0.725. The van der Waals surface area contributed by atoms with Gasteiger partial charge in [-0.2, -0.15) is 0 Å². The fraction of sp³-hybridized carbons (Fsp3) is 0.917. The Morgan fingerprint density at radius 2 is 1.29 bits per heavy atom. The Bertz CT molecular complexity index is 72.9. The van der Waals surface area contributed by atoms with Gasteiger partial charge >= 0.3 is 0 Å². The fourth-order valence-corrected chi connectivity index (χ4v) is 0.886. The third-order valence-electron chi connectivity index (χ3n) is 0.908. The monoisotopic (exact) mass is 210 g/mol. The number of hydrogen-bond donors (Lipinski definition) is 1. The number of carbonyl (C=O) groups excluding carboxylic acids is 1. The minimum atomic E-state index is -0.157. The van der Waals surface area contributed by atoms with Gasteiger partial charge < -0.3 is 9.90 Å². The van der Waals surface area contributed by atoms with Crippen LogP contribution in [0.4, 0.5) is 0 Å². The van der Waals surface area contributed by atoms with Crippen molar-refractivity contribution in [3.8, 4) is 0 Å². The van der Waals surface area contributed by atoms with E-state index in [0.717, 1.165) is 6.42 Å². The summed E-state index contributed by atoms with van der Waals surface area (Å²) in [5.74, 6) is 0. The van der Waals surface area contributed by atoms with Crippen molar-refractivity contribution >= 4 is 6.79 Å². The second kappa shape index (κ2) is 18.4. The van der Waals surface area contributed by atoms with Gasteiger partial charge in [-0.25, -0.2) is 0 Å². The zero-order valence-corrected chi connectivity index (χ0v) is 7.35. The molecule has 0 radical (unpaired) electrons. The molecule has 0 aromatic carbocycles. The summed E-state index contributed by atoms with van der Waals surface area (Å²) >= 11 is 0. The molecule has 0 bridgehead atoms. The molecule has 0 fully saturated rings. The highest BCUT2D eigenvalue weighted by atomic mass is 16.3. The molecular weight excluding hydrogens is 176 g/mol. The van der Waals surface area contributed by atoms with Crippen molar-refractivity contribution in [1.82, 2.24) is 0 Å². The summed E-state index contributed by atoms with van der Waals surface area (Å²) in [7, 11) is 0. The van der Waals surface area contributed by atoms with Gasteiger partial charge in [0.2, 0.25) is 0 Å². The van der Waals surface area contributed by atoms with E-state index in [1.54, 1.807) is 0 Å². The minimum Gasteiger partial charge on any atom is -0.393 e. The van der Waals surface area contributed by atoms with Crippen LogP contribution in [0.3, 0.4) is 0 Å². The van der Waals surface area contributed by atoms with Crippen LogP contribution in [0, 0.1) is 5.41 Å². The molecule has 0 amide bonds. The first-order valence-corrected chi connectivity index (χ1v) is 3.39. The molecule has 0 aromatic heterocycles. The van der Waals surface area contributed by atoms with Crippen LogP contribution in [0.15, 0.2) is 0 Å². The molecule has 0 saturated heterocycles. The standard InChI is InChI=1S/C7H16O.CH2O.4CH4/c1-6(8)5-7(2,3)4;1-2;;;;/h6,8H,5H2,1-4H3;1H2;4*1H4. The second-order valence-electron chi connectivity index (χ2n) is 3.61. The molecule has 14 heavy (non-hydrogen) atoms. The molecule has 0 heterocycles. The Balaban J connectivity index is -0.0000000250. The topological polar surface area (TPSA) is 37.3 Å². The molecule has 0 aliphatic carbocycles. The van der Waals surface area contributed by atoms with E-state index in [9.17, 15) is 0 Å². The van der Waals surface area contributed by atoms with Gasteiger partial charge in [-0.15, -0.1) is 0 Å². The maximum Gasteiger partial charge on any atom is 0.106 e. The van der Waals surface area contributed by atoms with Crippen molar-refractivity contribution in [2.75, 3.05) is 0 Å². The molecule has 0 spiro atoms. The van der Waals surface area contributed by atoms with Crippen molar-refractivity contribution in [1.29, 1.82) is 0 Å². The highest BCUT2D eigenvalue weighted by molar-refractivity contribution is 5.10. The summed E-state index contributed by atoms with van der Waals surface area (Å²) in [6.45, 7) is 10.2. The summed E-state index contributed by atoms with van der Waals surface area (Å²) in [6, 6.07) is 0. The lowest BCUT2D eigenvalue weighted by Gasteiger charge is -2.19. The fourth-order valence-electron chi connectivity index (χ4n) is 0.886. The maximum absolute atomic E-state index is 8.89. The lowest BCUT2D eigenvalue weighted by Crippen LogP contribution is -2.13. The summed E-state index contributed by atoms with van der Waals surface area (Å²) in [4.78, 5) is 8.00. The third kappa shape index (κ3) is 61.3. The Kier molecular flexibility index (Phi) is 49.1. The van der Waals surface area contributed by atoms with E-state index >= 15 is 0 Å².